The van der Waals surface area contributed by atoms with Crippen LogP contribution in [-0.2, 0) is 13.0 Å². The van der Waals surface area contributed by atoms with Gasteiger partial charge >= 0.3 is 0 Å². The summed E-state index contributed by atoms with van der Waals surface area (Å²) in [5.41, 5.74) is 2.36. The predicted molar refractivity (Wildman–Crippen MR) is 93.7 cm³/mol. The molecule has 0 unspecified atom stereocenters. The number of nitrogens with one attached hydrogen (secondary N) is 1. The van der Waals surface area contributed by atoms with Crippen molar-refractivity contribution in [3.8, 4) is 11.5 Å². The first-order chi connectivity index (χ1) is 12.3. The number of thiazole rings is 1. The van der Waals surface area contributed by atoms with Crippen molar-refractivity contribution in [1.82, 2.24) is 14.8 Å². The maximum absolute atomic E-state index is 12.5. The van der Waals surface area contributed by atoms with E-state index in [1.165, 1.54) is 11.3 Å². The molecule has 1 aromatic carbocycles. The third-order valence-corrected chi connectivity index (χ3v) is 5.36. The number of amides is 1. The quantitative estimate of drug-likeness (QED) is 0.764. The molecule has 5 rings (SSSR count). The Morgan fingerprint density at radius 2 is 2.00 bits per heavy atom. The largest absolute Gasteiger partial charge is 0.486 e. The van der Waals surface area contributed by atoms with Gasteiger partial charge in [0, 0.05) is 24.4 Å². The molecule has 0 spiro atoms. The van der Waals surface area contributed by atoms with E-state index in [0.717, 1.165) is 47.5 Å². The van der Waals surface area contributed by atoms with Crippen LogP contribution in [0, 0.1) is 0 Å². The highest BCUT2D eigenvalue weighted by Crippen LogP contribution is 2.37. The molecule has 0 radical (unpaired) electrons. The zero-order valence-corrected chi connectivity index (χ0v) is 14.3. The zero-order chi connectivity index (χ0) is 16.8. The van der Waals surface area contributed by atoms with Crippen LogP contribution in [0.1, 0.15) is 29.0 Å². The van der Waals surface area contributed by atoms with E-state index in [2.05, 4.69) is 15.4 Å². The van der Waals surface area contributed by atoms with Gasteiger partial charge in [0.2, 0.25) is 0 Å². The SMILES string of the molecule is O=C(Nc1nc2cc3c(cc2s1)OCCO3)c1cc2n(n1)CCCC2. The topological polar surface area (TPSA) is 78.3 Å². The minimum Gasteiger partial charge on any atom is -0.486 e. The second-order valence-corrected chi connectivity index (χ2v) is 7.17. The van der Waals surface area contributed by atoms with Gasteiger partial charge in [0.05, 0.1) is 10.2 Å². The average molecular weight is 356 g/mol. The number of rotatable bonds is 2. The van der Waals surface area contributed by atoms with Crippen molar-refractivity contribution in [2.24, 2.45) is 0 Å². The van der Waals surface area contributed by atoms with Gasteiger partial charge < -0.3 is 9.47 Å². The minimum absolute atomic E-state index is 0.224. The molecule has 128 valence electrons. The summed E-state index contributed by atoms with van der Waals surface area (Å²) in [6.07, 6.45) is 3.24. The first-order valence-electron chi connectivity index (χ1n) is 8.34. The molecule has 0 aliphatic carbocycles. The normalized spacial score (nSPS) is 15.8. The van der Waals surface area contributed by atoms with Gasteiger partial charge in [-0.15, -0.1) is 0 Å². The molecular weight excluding hydrogens is 340 g/mol. The lowest BCUT2D eigenvalue weighted by molar-refractivity contribution is 0.102. The Morgan fingerprint density at radius 3 is 2.84 bits per heavy atom. The fourth-order valence-electron chi connectivity index (χ4n) is 3.21. The van der Waals surface area contributed by atoms with Crippen molar-refractivity contribution < 1.29 is 14.3 Å². The van der Waals surface area contributed by atoms with Crippen LogP contribution in [-0.4, -0.2) is 33.9 Å². The molecule has 2 aliphatic rings. The summed E-state index contributed by atoms with van der Waals surface area (Å²) >= 11 is 1.41. The van der Waals surface area contributed by atoms with Gasteiger partial charge in [0.15, 0.2) is 22.3 Å². The lowest BCUT2D eigenvalue weighted by Gasteiger charge is -2.17. The number of nitrogens with zero attached hydrogens (tertiary/aromatic N) is 3. The Labute approximate surface area is 147 Å². The number of aromatic nitrogens is 3. The van der Waals surface area contributed by atoms with Gasteiger partial charge in [0.1, 0.15) is 13.2 Å². The number of aryl methyl sites for hydroxylation is 2. The molecule has 2 aliphatic heterocycles. The number of hydrogen-bond donors (Lipinski definition) is 1. The first kappa shape index (κ1) is 14.7. The lowest BCUT2D eigenvalue weighted by Crippen LogP contribution is -2.15. The van der Waals surface area contributed by atoms with Crippen LogP contribution in [0.25, 0.3) is 10.2 Å². The van der Waals surface area contributed by atoms with Gasteiger partial charge in [-0.25, -0.2) is 4.98 Å². The van der Waals surface area contributed by atoms with E-state index in [9.17, 15) is 4.79 Å². The van der Waals surface area contributed by atoms with Gasteiger partial charge in [-0.1, -0.05) is 11.3 Å². The number of benzene rings is 1. The maximum atomic E-state index is 12.5. The summed E-state index contributed by atoms with van der Waals surface area (Å²) in [6, 6.07) is 5.64. The van der Waals surface area contributed by atoms with E-state index in [4.69, 9.17) is 9.47 Å². The van der Waals surface area contributed by atoms with E-state index >= 15 is 0 Å². The predicted octanol–water partition coefficient (Wildman–Crippen LogP) is 2.85. The Kier molecular flexibility index (Phi) is 3.37. The van der Waals surface area contributed by atoms with E-state index in [0.29, 0.717) is 29.8 Å². The third kappa shape index (κ3) is 2.62. The molecule has 2 aromatic heterocycles. The van der Waals surface area contributed by atoms with Crippen LogP contribution >= 0.6 is 11.3 Å². The second-order valence-electron chi connectivity index (χ2n) is 6.14. The molecule has 1 amide bonds. The highest BCUT2D eigenvalue weighted by molar-refractivity contribution is 7.22. The molecule has 0 bridgehead atoms. The zero-order valence-electron chi connectivity index (χ0n) is 13.4. The van der Waals surface area contributed by atoms with Crippen LogP contribution in [0.15, 0.2) is 18.2 Å². The van der Waals surface area contributed by atoms with Gasteiger partial charge in [0.25, 0.3) is 5.91 Å². The summed E-state index contributed by atoms with van der Waals surface area (Å²) in [5, 5.41) is 7.81. The summed E-state index contributed by atoms with van der Waals surface area (Å²) in [5.74, 6) is 1.20. The highest BCUT2D eigenvalue weighted by Gasteiger charge is 2.19. The molecule has 8 heteroatoms. The summed E-state index contributed by atoms with van der Waals surface area (Å²) in [4.78, 5) is 17.0. The maximum Gasteiger partial charge on any atom is 0.277 e. The standard InChI is InChI=1S/C17H16N4O3S/c22-16(12-7-10-3-1-2-4-21(10)20-12)19-17-18-11-8-13-14(9-15(11)25-17)24-6-5-23-13/h7-9H,1-6H2,(H,18,19,22). The summed E-state index contributed by atoms with van der Waals surface area (Å²) < 4.78 is 14.0. The molecule has 0 fully saturated rings. The number of fused-ring (bicyclic) bond motifs is 3. The molecule has 1 N–H and O–H groups in total. The van der Waals surface area contributed by atoms with Crippen LogP contribution in [0.5, 0.6) is 11.5 Å². The Balaban J connectivity index is 1.41. The molecule has 7 nitrogen and oxygen atoms in total. The van der Waals surface area contributed by atoms with Crippen LogP contribution in [0.4, 0.5) is 5.13 Å². The minimum atomic E-state index is -0.224. The van der Waals surface area contributed by atoms with Gasteiger partial charge in [-0.2, -0.15) is 5.10 Å². The van der Waals surface area contributed by atoms with E-state index in [1.807, 2.05) is 22.9 Å². The molecule has 0 saturated heterocycles. The van der Waals surface area contributed by atoms with E-state index in [1.54, 1.807) is 0 Å². The van der Waals surface area contributed by atoms with E-state index in [-0.39, 0.29) is 5.91 Å². The van der Waals surface area contributed by atoms with E-state index < -0.39 is 0 Å². The summed E-state index contributed by atoms with van der Waals surface area (Å²) in [7, 11) is 0. The molecule has 0 saturated carbocycles. The molecule has 3 aromatic rings. The average Bonchev–Trinajstić information content (AvgIpc) is 3.22. The van der Waals surface area contributed by atoms with Gasteiger partial charge in [-0.3, -0.25) is 14.8 Å². The number of anilines is 1. The van der Waals surface area contributed by atoms with Crippen LogP contribution in [0.2, 0.25) is 0 Å². The first-order valence-corrected chi connectivity index (χ1v) is 9.16. The number of hydrogen-bond acceptors (Lipinski definition) is 6. The third-order valence-electron chi connectivity index (χ3n) is 4.42. The lowest BCUT2D eigenvalue weighted by atomic mass is 10.1. The molecular formula is C17H16N4O3S. The van der Waals surface area contributed by atoms with Crippen molar-refractivity contribution in [2.45, 2.75) is 25.8 Å². The van der Waals surface area contributed by atoms with Crippen molar-refractivity contribution >= 4 is 32.6 Å². The number of carbonyl (C=O) groups is 1. The molecule has 4 heterocycles. The fourth-order valence-corrected chi connectivity index (χ4v) is 4.08. The van der Waals surface area contributed by atoms with Crippen LogP contribution in [0.3, 0.4) is 0 Å². The number of ether oxygens (including phenoxy) is 2. The second kappa shape index (κ2) is 5.73. The van der Waals surface area contributed by atoms with Crippen molar-refractivity contribution in [3.05, 3.63) is 29.6 Å². The summed E-state index contributed by atoms with van der Waals surface area (Å²) in [6.45, 7) is 1.97. The molecule has 0 atom stereocenters. The highest BCUT2D eigenvalue weighted by atomic mass is 32.1. The smallest absolute Gasteiger partial charge is 0.277 e. The Hall–Kier alpha value is -2.61. The van der Waals surface area contributed by atoms with Crippen molar-refractivity contribution in [1.29, 1.82) is 0 Å². The molecule has 25 heavy (non-hydrogen) atoms. The Morgan fingerprint density at radius 1 is 1.16 bits per heavy atom. The van der Waals surface area contributed by atoms with Gasteiger partial charge in [-0.05, 0) is 25.3 Å². The van der Waals surface area contributed by atoms with Crippen LogP contribution < -0.4 is 14.8 Å². The number of carbonyl (C=O) groups excluding carboxylic acids is 1. The monoisotopic (exact) mass is 356 g/mol. The van der Waals surface area contributed by atoms with Crippen molar-refractivity contribution in [3.63, 3.8) is 0 Å². The van der Waals surface area contributed by atoms with Crippen molar-refractivity contribution in [2.75, 3.05) is 18.5 Å². The Bertz CT molecular complexity index is 911. The fraction of sp³-hybridized carbons (Fsp3) is 0.353.